The Morgan fingerprint density at radius 2 is 0.427 bits per heavy atom. The third kappa shape index (κ3) is 6.50. The van der Waals surface area contributed by atoms with Crippen LogP contribution in [-0.4, -0.2) is 40.0 Å². The quantitative estimate of drug-likeness (QED) is 0.109. The molecule has 2 aliphatic heterocycles. The summed E-state index contributed by atoms with van der Waals surface area (Å²) in [5.74, 6) is 0. The standard InChI is InChI=1S/C72H72N8O2/c1-65(2,3)33-21-37-53-41(25-33)61-62(42-26-34(66(4,5)6)22-38(54(42)53)58-57(37)73-49-29-45-46(30-50(49)74-58)70(15,16)79(81)69(45,13)14)78-64-44-28-36(68(10,11)12)24-40-56(44)55-39(23-35(67(7,8)9)27-43(55)63(64)77-61)59-60(40)76-52-32-48-47(31-51(52)75-59)71(17,18)80(82)72(48,19)20/h21-32H,1-20H3. The van der Waals surface area contributed by atoms with Crippen molar-refractivity contribution >= 4 is 131 Å². The van der Waals surface area contributed by atoms with Crippen molar-refractivity contribution in [3.8, 4) is 0 Å². The van der Waals surface area contributed by atoms with Gasteiger partial charge in [0.2, 0.25) is 0 Å². The third-order valence-corrected chi connectivity index (χ3v) is 19.7. The number of benzene rings is 10. The SMILES string of the molecule is CC(C)(C)c1cc2c3nc4cc5c(cc4nc3c3cc(C(C)(C)C)cc4c6nc7c8cc(C(C)(C)C)cc9c%10nc%11cc%12c(cc%11nc%10c%10cc(C(C)(C)C)cc(c7nc6c(c1)c2c34)c%10c98)C(C)(C)N([O])C%12(C)C)C(C)(C)N([O])C5(C)C. The normalized spacial score (nSPS) is 17.9. The molecule has 0 N–H and O–H groups in total. The minimum atomic E-state index is -0.745. The van der Waals surface area contributed by atoms with Crippen molar-refractivity contribution in [1.29, 1.82) is 0 Å². The second-order valence-corrected chi connectivity index (χ2v) is 30.8. The fourth-order valence-electron chi connectivity index (χ4n) is 14.9. The van der Waals surface area contributed by atoms with Gasteiger partial charge in [-0.05, 0) is 194 Å². The molecule has 0 unspecified atom stereocenters. The molecule has 0 bridgehead atoms. The predicted molar refractivity (Wildman–Crippen MR) is 338 cm³/mol. The zero-order chi connectivity index (χ0) is 58.4. The van der Waals surface area contributed by atoms with E-state index < -0.39 is 22.2 Å². The Morgan fingerprint density at radius 3 is 0.585 bits per heavy atom. The van der Waals surface area contributed by atoms with Crippen molar-refractivity contribution in [2.24, 2.45) is 0 Å². The highest BCUT2D eigenvalue weighted by molar-refractivity contribution is 6.42. The van der Waals surface area contributed by atoms with E-state index in [2.05, 4.69) is 156 Å². The summed E-state index contributed by atoms with van der Waals surface area (Å²) in [5.41, 5.74) is 14.4. The van der Waals surface area contributed by atoms with Gasteiger partial charge in [-0.2, -0.15) is 0 Å². The molecule has 10 heteroatoms. The van der Waals surface area contributed by atoms with Gasteiger partial charge in [0.25, 0.3) is 0 Å². The van der Waals surface area contributed by atoms with Crippen LogP contribution in [0.25, 0.3) is 131 Å². The van der Waals surface area contributed by atoms with Gasteiger partial charge < -0.3 is 0 Å². The minimum absolute atomic E-state index is 0.250. The van der Waals surface area contributed by atoms with Gasteiger partial charge in [-0.25, -0.2) is 29.9 Å². The second kappa shape index (κ2) is 15.2. The monoisotopic (exact) mass is 1080 g/mol. The predicted octanol–water partition coefficient (Wildman–Crippen LogP) is 18.2. The van der Waals surface area contributed by atoms with Crippen LogP contribution >= 0.6 is 0 Å². The van der Waals surface area contributed by atoms with Gasteiger partial charge in [-0.3, -0.25) is 0 Å². The Hall–Kier alpha value is -7.08. The van der Waals surface area contributed by atoms with Crippen molar-refractivity contribution in [1.82, 2.24) is 40.0 Å². The van der Waals surface area contributed by atoms with Crippen molar-refractivity contribution < 1.29 is 10.4 Å². The first-order valence-corrected chi connectivity index (χ1v) is 29.4. The summed E-state index contributed by atoms with van der Waals surface area (Å²) in [6.07, 6.45) is 0. The van der Waals surface area contributed by atoms with Gasteiger partial charge in [0.15, 0.2) is 0 Å². The molecule has 0 aliphatic carbocycles. The lowest BCUT2D eigenvalue weighted by molar-refractivity contribution is -0.266. The molecular formula is C72H72N8O2. The minimum Gasteiger partial charge on any atom is -0.244 e. The Balaban J connectivity index is 1.17. The number of hydrogen-bond acceptors (Lipinski definition) is 8. The lowest BCUT2D eigenvalue weighted by Crippen LogP contribution is -2.41. The summed E-state index contributed by atoms with van der Waals surface area (Å²) in [5, 5.41) is 43.2. The molecule has 13 aromatic rings. The van der Waals surface area contributed by atoms with Gasteiger partial charge in [0.1, 0.15) is 0 Å². The number of nitrogens with zero attached hydrogens (tertiary/aromatic N) is 8. The molecule has 2 aliphatic rings. The largest absolute Gasteiger partial charge is 0.244 e. The van der Waals surface area contributed by atoms with Gasteiger partial charge in [0.05, 0.1) is 88.4 Å². The highest BCUT2D eigenvalue weighted by Gasteiger charge is 2.52. The summed E-state index contributed by atoms with van der Waals surface area (Å²) in [4.78, 5) is 34.9. The van der Waals surface area contributed by atoms with Crippen molar-refractivity contribution in [3.63, 3.8) is 0 Å². The molecule has 412 valence electrons. The van der Waals surface area contributed by atoms with E-state index in [4.69, 9.17) is 29.9 Å². The van der Waals surface area contributed by atoms with E-state index >= 15 is 0 Å². The molecule has 10 aromatic carbocycles. The van der Waals surface area contributed by atoms with E-state index in [1.54, 1.807) is 0 Å². The average Bonchev–Trinajstić information content (AvgIpc) is 0.987. The van der Waals surface area contributed by atoms with E-state index in [-0.39, 0.29) is 21.7 Å². The number of fused-ring (bicyclic) bond motifs is 16. The topological polar surface area (TPSA) is 124 Å². The highest BCUT2D eigenvalue weighted by atomic mass is 16.5. The second-order valence-electron chi connectivity index (χ2n) is 30.8. The van der Waals surface area contributed by atoms with Crippen LogP contribution in [0.5, 0.6) is 0 Å². The molecule has 0 atom stereocenters. The van der Waals surface area contributed by atoms with Gasteiger partial charge in [-0.1, -0.05) is 83.1 Å². The molecule has 5 heterocycles. The first-order valence-electron chi connectivity index (χ1n) is 29.4. The van der Waals surface area contributed by atoms with E-state index in [0.717, 1.165) is 175 Å². The van der Waals surface area contributed by atoms with Crippen molar-refractivity contribution in [2.75, 3.05) is 0 Å². The van der Waals surface area contributed by atoms with Crippen LogP contribution in [0.2, 0.25) is 0 Å². The molecule has 0 amide bonds. The van der Waals surface area contributed by atoms with Crippen LogP contribution in [0.4, 0.5) is 0 Å². The maximum atomic E-state index is 14.0. The Morgan fingerprint density at radius 1 is 0.268 bits per heavy atom. The molecule has 0 spiro atoms. The first-order chi connectivity index (χ1) is 38.0. The lowest BCUT2D eigenvalue weighted by Gasteiger charge is -2.32. The molecule has 0 saturated carbocycles. The van der Waals surface area contributed by atoms with E-state index in [1.165, 1.54) is 10.1 Å². The summed E-state index contributed by atoms with van der Waals surface area (Å²) in [7, 11) is 0. The number of rotatable bonds is 0. The number of hydroxylamine groups is 4. The maximum Gasteiger partial charge on any atom is 0.0980 e. The van der Waals surface area contributed by atoms with Crippen LogP contribution in [0.1, 0.15) is 183 Å². The fourth-order valence-corrected chi connectivity index (χ4v) is 14.9. The van der Waals surface area contributed by atoms with Crippen molar-refractivity contribution in [3.05, 3.63) is 117 Å². The average molecular weight is 1080 g/mol. The lowest BCUT2D eigenvalue weighted by atomic mass is 9.79. The Labute approximate surface area is 478 Å². The number of aromatic nitrogens is 6. The van der Waals surface area contributed by atoms with Gasteiger partial charge in [-0.15, -0.1) is 20.5 Å². The van der Waals surface area contributed by atoms with E-state index in [1.807, 2.05) is 55.4 Å². The van der Waals surface area contributed by atoms with E-state index in [0.29, 0.717) is 0 Å². The smallest absolute Gasteiger partial charge is 0.0980 e. The van der Waals surface area contributed by atoms with Crippen LogP contribution in [-0.2, 0) is 54.2 Å². The Kier molecular flexibility index (Phi) is 9.58. The zero-order valence-electron chi connectivity index (χ0n) is 51.3. The third-order valence-electron chi connectivity index (χ3n) is 19.7. The maximum absolute atomic E-state index is 14.0. The molecule has 10 nitrogen and oxygen atoms in total. The summed E-state index contributed by atoms with van der Waals surface area (Å²) < 4.78 is 0. The zero-order valence-corrected chi connectivity index (χ0v) is 51.3. The van der Waals surface area contributed by atoms with Crippen molar-refractivity contribution in [2.45, 2.75) is 182 Å². The first kappa shape index (κ1) is 51.8. The molecule has 15 rings (SSSR count). The van der Waals surface area contributed by atoms with Crippen LogP contribution < -0.4 is 0 Å². The highest BCUT2D eigenvalue weighted by Crippen LogP contribution is 2.54. The number of hydrogen-bond donors (Lipinski definition) is 0. The van der Waals surface area contributed by atoms with Crippen LogP contribution in [0, 0.1) is 0 Å². The van der Waals surface area contributed by atoms with Crippen LogP contribution in [0.15, 0.2) is 72.8 Å². The van der Waals surface area contributed by atoms with Gasteiger partial charge >= 0.3 is 0 Å². The van der Waals surface area contributed by atoms with E-state index in [9.17, 15) is 10.4 Å². The summed E-state index contributed by atoms with van der Waals surface area (Å²) in [6.45, 7) is 43.4. The summed E-state index contributed by atoms with van der Waals surface area (Å²) in [6, 6.07) is 27.4. The van der Waals surface area contributed by atoms with Crippen LogP contribution in [0.3, 0.4) is 0 Å². The molecule has 0 saturated heterocycles. The molecule has 82 heavy (non-hydrogen) atoms. The summed E-state index contributed by atoms with van der Waals surface area (Å²) >= 11 is 0. The molecule has 2 radical (unpaired) electrons. The molecule has 3 aromatic heterocycles. The van der Waals surface area contributed by atoms with Gasteiger partial charge in [0, 0.05) is 64.6 Å². The molecule has 0 fully saturated rings. The molecular weight excluding hydrogens is 1010 g/mol. The fraction of sp³-hybridized carbons (Fsp3) is 0.389. The Bertz CT molecular complexity index is 4480.